The van der Waals surface area contributed by atoms with Gasteiger partial charge in [-0.05, 0) is 44.4 Å². The van der Waals surface area contributed by atoms with Gasteiger partial charge in [0.2, 0.25) is 5.91 Å². The van der Waals surface area contributed by atoms with Crippen molar-refractivity contribution in [3.8, 4) is 0 Å². The minimum absolute atomic E-state index is 0.00934. The zero-order chi connectivity index (χ0) is 16.9. The summed E-state index contributed by atoms with van der Waals surface area (Å²) >= 11 is 0. The molecular weight excluding hydrogens is 302 g/mol. The Balaban J connectivity index is 1.62. The lowest BCUT2D eigenvalue weighted by Gasteiger charge is -2.10. The standard InChI is InChI=1S/C18H23N5O/c1-21(2)11-12-23-14-19-16-13-15(5-6-17(16)23)20-18(24)7-10-22-8-3-4-9-22/h3-6,8-9,13-14H,7,10-12H2,1-2H3,(H,20,24). The van der Waals surface area contributed by atoms with Crippen molar-refractivity contribution in [1.82, 2.24) is 19.0 Å². The summed E-state index contributed by atoms with van der Waals surface area (Å²) in [6.07, 6.45) is 6.22. The Morgan fingerprint density at radius 1 is 1.21 bits per heavy atom. The van der Waals surface area contributed by atoms with Crippen LogP contribution in [0.4, 0.5) is 5.69 Å². The van der Waals surface area contributed by atoms with Crippen LogP contribution in [0.1, 0.15) is 6.42 Å². The number of nitrogens with one attached hydrogen (secondary N) is 1. The van der Waals surface area contributed by atoms with Crippen LogP contribution >= 0.6 is 0 Å². The number of hydrogen-bond acceptors (Lipinski definition) is 3. The SMILES string of the molecule is CN(C)CCn1cnc2cc(NC(=O)CCn3cccc3)ccc21. The maximum absolute atomic E-state index is 12.1. The number of fused-ring (bicyclic) bond motifs is 1. The Bertz CT molecular complexity index is 804. The highest BCUT2D eigenvalue weighted by Crippen LogP contribution is 2.18. The second kappa shape index (κ2) is 7.31. The first-order valence-electron chi connectivity index (χ1n) is 8.12. The fourth-order valence-electron chi connectivity index (χ4n) is 2.60. The molecule has 0 aliphatic rings. The lowest BCUT2D eigenvalue weighted by molar-refractivity contribution is -0.116. The van der Waals surface area contributed by atoms with E-state index in [1.807, 2.05) is 53.6 Å². The summed E-state index contributed by atoms with van der Waals surface area (Å²) in [6.45, 7) is 2.54. The van der Waals surface area contributed by atoms with Crippen LogP contribution < -0.4 is 5.32 Å². The van der Waals surface area contributed by atoms with Crippen LogP contribution in [0, 0.1) is 0 Å². The average molecular weight is 325 g/mol. The maximum atomic E-state index is 12.1. The summed E-state index contributed by atoms with van der Waals surface area (Å²) in [6, 6.07) is 9.79. The van der Waals surface area contributed by atoms with Crippen molar-refractivity contribution in [2.75, 3.05) is 26.0 Å². The fourth-order valence-corrected chi connectivity index (χ4v) is 2.60. The van der Waals surface area contributed by atoms with Crippen molar-refractivity contribution in [3.63, 3.8) is 0 Å². The molecule has 3 rings (SSSR count). The van der Waals surface area contributed by atoms with Gasteiger partial charge in [0, 0.05) is 44.1 Å². The number of hydrogen-bond donors (Lipinski definition) is 1. The van der Waals surface area contributed by atoms with Crippen molar-refractivity contribution in [2.24, 2.45) is 0 Å². The summed E-state index contributed by atoms with van der Waals surface area (Å²) in [7, 11) is 4.11. The van der Waals surface area contributed by atoms with E-state index >= 15 is 0 Å². The predicted molar refractivity (Wildman–Crippen MR) is 96.0 cm³/mol. The summed E-state index contributed by atoms with van der Waals surface area (Å²) in [5.41, 5.74) is 2.78. The zero-order valence-electron chi connectivity index (χ0n) is 14.1. The molecule has 0 saturated heterocycles. The van der Waals surface area contributed by atoms with Gasteiger partial charge in [-0.2, -0.15) is 0 Å². The minimum atomic E-state index is 0.00934. The smallest absolute Gasteiger partial charge is 0.226 e. The first-order valence-corrected chi connectivity index (χ1v) is 8.12. The first kappa shape index (κ1) is 16.3. The molecule has 2 aromatic heterocycles. The Morgan fingerprint density at radius 3 is 2.75 bits per heavy atom. The van der Waals surface area contributed by atoms with Gasteiger partial charge in [0.1, 0.15) is 0 Å². The highest BCUT2D eigenvalue weighted by atomic mass is 16.1. The molecule has 0 atom stereocenters. The van der Waals surface area contributed by atoms with Gasteiger partial charge in [-0.1, -0.05) is 0 Å². The Labute approximate surface area is 141 Å². The Kier molecular flexibility index (Phi) is 4.96. The molecule has 3 aromatic rings. The van der Waals surface area contributed by atoms with Crippen molar-refractivity contribution in [2.45, 2.75) is 19.5 Å². The molecule has 6 heteroatoms. The number of rotatable bonds is 7. The molecule has 0 fully saturated rings. The molecule has 0 spiro atoms. The van der Waals surface area contributed by atoms with Gasteiger partial charge >= 0.3 is 0 Å². The predicted octanol–water partition coefficient (Wildman–Crippen LogP) is 2.43. The number of aromatic nitrogens is 3. The Morgan fingerprint density at radius 2 is 2.00 bits per heavy atom. The molecule has 0 aliphatic heterocycles. The monoisotopic (exact) mass is 325 g/mol. The Hall–Kier alpha value is -2.60. The average Bonchev–Trinajstić information content (AvgIpc) is 3.20. The van der Waals surface area contributed by atoms with Crippen LogP contribution in [0.2, 0.25) is 0 Å². The number of amides is 1. The summed E-state index contributed by atoms with van der Waals surface area (Å²) < 4.78 is 4.13. The van der Waals surface area contributed by atoms with Crippen LogP contribution in [0.5, 0.6) is 0 Å². The molecule has 126 valence electrons. The van der Waals surface area contributed by atoms with E-state index in [2.05, 4.69) is 33.9 Å². The van der Waals surface area contributed by atoms with Gasteiger partial charge < -0.3 is 19.4 Å². The quantitative estimate of drug-likeness (QED) is 0.726. The normalized spacial score (nSPS) is 11.3. The van der Waals surface area contributed by atoms with E-state index in [4.69, 9.17) is 0 Å². The number of aryl methyl sites for hydroxylation is 1. The van der Waals surface area contributed by atoms with Gasteiger partial charge in [-0.15, -0.1) is 0 Å². The van der Waals surface area contributed by atoms with Crippen molar-refractivity contribution < 1.29 is 4.79 Å². The molecule has 0 unspecified atom stereocenters. The van der Waals surface area contributed by atoms with Gasteiger partial charge in [0.25, 0.3) is 0 Å². The summed E-state index contributed by atoms with van der Waals surface area (Å²) in [5, 5.41) is 2.95. The molecule has 1 amide bonds. The van der Waals surface area contributed by atoms with E-state index in [9.17, 15) is 4.79 Å². The molecule has 1 aromatic carbocycles. The third-order valence-corrected chi connectivity index (χ3v) is 3.96. The van der Waals surface area contributed by atoms with Crippen LogP contribution in [0.15, 0.2) is 49.1 Å². The van der Waals surface area contributed by atoms with E-state index in [-0.39, 0.29) is 5.91 Å². The summed E-state index contributed by atoms with van der Waals surface area (Å²) in [4.78, 5) is 18.7. The number of anilines is 1. The number of imidazole rings is 1. The van der Waals surface area contributed by atoms with E-state index in [0.29, 0.717) is 13.0 Å². The minimum Gasteiger partial charge on any atom is -0.354 e. The number of likely N-dealkylation sites (N-methyl/N-ethyl adjacent to an activating group) is 1. The third kappa shape index (κ3) is 4.02. The molecule has 24 heavy (non-hydrogen) atoms. The van der Waals surface area contributed by atoms with Gasteiger partial charge in [-0.3, -0.25) is 4.79 Å². The van der Waals surface area contributed by atoms with E-state index < -0.39 is 0 Å². The number of benzene rings is 1. The van der Waals surface area contributed by atoms with Crippen LogP contribution in [-0.4, -0.2) is 45.6 Å². The van der Waals surface area contributed by atoms with Crippen LogP contribution in [0.25, 0.3) is 11.0 Å². The van der Waals surface area contributed by atoms with Crippen molar-refractivity contribution in [3.05, 3.63) is 49.1 Å². The van der Waals surface area contributed by atoms with Gasteiger partial charge in [0.05, 0.1) is 17.4 Å². The molecule has 0 radical (unpaired) electrons. The van der Waals surface area contributed by atoms with Gasteiger partial charge in [-0.25, -0.2) is 4.98 Å². The largest absolute Gasteiger partial charge is 0.354 e. The second-order valence-electron chi connectivity index (χ2n) is 6.16. The molecule has 0 saturated carbocycles. The van der Waals surface area contributed by atoms with Gasteiger partial charge in [0.15, 0.2) is 0 Å². The third-order valence-electron chi connectivity index (χ3n) is 3.96. The van der Waals surface area contributed by atoms with E-state index in [0.717, 1.165) is 29.8 Å². The van der Waals surface area contributed by atoms with Crippen molar-refractivity contribution >= 4 is 22.6 Å². The number of carbonyl (C=O) groups excluding carboxylic acids is 1. The second-order valence-corrected chi connectivity index (χ2v) is 6.16. The van der Waals surface area contributed by atoms with Crippen LogP contribution in [0.3, 0.4) is 0 Å². The van der Waals surface area contributed by atoms with E-state index in [1.54, 1.807) is 0 Å². The molecule has 1 N–H and O–H groups in total. The lowest BCUT2D eigenvalue weighted by Crippen LogP contribution is -2.18. The van der Waals surface area contributed by atoms with Crippen LogP contribution in [-0.2, 0) is 17.9 Å². The first-order chi connectivity index (χ1) is 11.6. The van der Waals surface area contributed by atoms with Crippen molar-refractivity contribution in [1.29, 1.82) is 0 Å². The lowest BCUT2D eigenvalue weighted by atomic mass is 10.2. The molecule has 6 nitrogen and oxygen atoms in total. The molecule has 2 heterocycles. The molecule has 0 aliphatic carbocycles. The van der Waals surface area contributed by atoms with E-state index in [1.165, 1.54) is 0 Å². The molecule has 0 bridgehead atoms. The maximum Gasteiger partial charge on any atom is 0.226 e. The number of carbonyl (C=O) groups is 1. The number of nitrogens with zero attached hydrogens (tertiary/aromatic N) is 4. The molecular formula is C18H23N5O. The highest BCUT2D eigenvalue weighted by Gasteiger charge is 2.07. The summed E-state index contributed by atoms with van der Waals surface area (Å²) in [5.74, 6) is 0.00934. The highest BCUT2D eigenvalue weighted by molar-refractivity contribution is 5.93. The zero-order valence-corrected chi connectivity index (χ0v) is 14.1. The fraction of sp³-hybridized carbons (Fsp3) is 0.333. The topological polar surface area (TPSA) is 55.1 Å².